The summed E-state index contributed by atoms with van der Waals surface area (Å²) in [7, 11) is 0. The van der Waals surface area contributed by atoms with Gasteiger partial charge in [-0.05, 0) is 12.0 Å². The number of morpholine rings is 1. The van der Waals surface area contributed by atoms with E-state index in [2.05, 4.69) is 34.5 Å². The quantitative estimate of drug-likeness (QED) is 0.866. The number of benzene rings is 1. The van der Waals surface area contributed by atoms with E-state index < -0.39 is 0 Å². The number of piperidine rings is 1. The zero-order chi connectivity index (χ0) is 13.1. The summed E-state index contributed by atoms with van der Waals surface area (Å²) in [5.74, 6) is 0.166. The van der Waals surface area contributed by atoms with E-state index >= 15 is 0 Å². The number of carbonyl (C=O) groups excluding carboxylic acids is 1. The SMILES string of the molecule is O=C1CC[C@](c2ccccc2)(N2CCOCC2)CN1. The minimum atomic E-state index is -0.0566. The molecule has 2 saturated heterocycles. The van der Waals surface area contributed by atoms with Crippen LogP contribution in [0.4, 0.5) is 0 Å². The summed E-state index contributed by atoms with van der Waals surface area (Å²) in [6, 6.07) is 10.5. The maximum absolute atomic E-state index is 11.5. The van der Waals surface area contributed by atoms with E-state index in [9.17, 15) is 4.79 Å². The van der Waals surface area contributed by atoms with E-state index in [0.717, 1.165) is 32.7 Å². The van der Waals surface area contributed by atoms with Gasteiger partial charge in [0.2, 0.25) is 5.91 Å². The van der Waals surface area contributed by atoms with Gasteiger partial charge in [-0.2, -0.15) is 0 Å². The summed E-state index contributed by atoms with van der Waals surface area (Å²) in [6.07, 6.45) is 1.50. The first-order valence-electron chi connectivity index (χ1n) is 6.96. The van der Waals surface area contributed by atoms with E-state index in [1.54, 1.807) is 0 Å². The van der Waals surface area contributed by atoms with Gasteiger partial charge in [-0.25, -0.2) is 0 Å². The standard InChI is InChI=1S/C15H20N2O2/c18-14-6-7-15(12-16-14,13-4-2-1-3-5-13)17-8-10-19-11-9-17/h1-5H,6-12H2,(H,16,18)/t15-/m0/s1. The van der Waals surface area contributed by atoms with Crippen molar-refractivity contribution in [3.05, 3.63) is 35.9 Å². The van der Waals surface area contributed by atoms with Crippen LogP contribution in [0.25, 0.3) is 0 Å². The van der Waals surface area contributed by atoms with Gasteiger partial charge >= 0.3 is 0 Å². The molecule has 1 atom stereocenters. The summed E-state index contributed by atoms with van der Waals surface area (Å²) in [5, 5.41) is 3.05. The molecule has 1 N–H and O–H groups in total. The molecule has 2 aliphatic heterocycles. The molecule has 1 aromatic carbocycles. The number of carbonyl (C=O) groups is 1. The van der Waals surface area contributed by atoms with Crippen molar-refractivity contribution in [3.8, 4) is 0 Å². The first-order valence-corrected chi connectivity index (χ1v) is 6.96. The van der Waals surface area contributed by atoms with E-state index in [-0.39, 0.29) is 11.4 Å². The second-order valence-electron chi connectivity index (χ2n) is 5.27. The van der Waals surface area contributed by atoms with Gasteiger partial charge in [0.05, 0.1) is 18.8 Å². The average Bonchev–Trinajstić information content (AvgIpc) is 2.50. The number of ether oxygens (including phenoxy) is 1. The zero-order valence-corrected chi connectivity index (χ0v) is 11.1. The van der Waals surface area contributed by atoms with Crippen LogP contribution in [-0.2, 0) is 15.1 Å². The summed E-state index contributed by atoms with van der Waals surface area (Å²) in [4.78, 5) is 14.0. The van der Waals surface area contributed by atoms with Crippen LogP contribution < -0.4 is 5.32 Å². The highest BCUT2D eigenvalue weighted by Gasteiger charge is 2.41. The minimum Gasteiger partial charge on any atom is -0.379 e. The third kappa shape index (κ3) is 2.38. The lowest BCUT2D eigenvalue weighted by molar-refractivity contribution is -0.126. The average molecular weight is 260 g/mol. The van der Waals surface area contributed by atoms with Gasteiger partial charge < -0.3 is 10.1 Å². The van der Waals surface area contributed by atoms with Crippen molar-refractivity contribution < 1.29 is 9.53 Å². The molecule has 4 nitrogen and oxygen atoms in total. The van der Waals surface area contributed by atoms with Gasteiger partial charge in [-0.3, -0.25) is 9.69 Å². The highest BCUT2D eigenvalue weighted by molar-refractivity contribution is 5.77. The molecule has 0 bridgehead atoms. The van der Waals surface area contributed by atoms with E-state index in [0.29, 0.717) is 13.0 Å². The van der Waals surface area contributed by atoms with Crippen molar-refractivity contribution >= 4 is 5.91 Å². The largest absolute Gasteiger partial charge is 0.379 e. The van der Waals surface area contributed by atoms with Crippen LogP contribution in [0.5, 0.6) is 0 Å². The fourth-order valence-corrected chi connectivity index (χ4v) is 3.18. The highest BCUT2D eigenvalue weighted by atomic mass is 16.5. The van der Waals surface area contributed by atoms with Crippen LogP contribution in [0.2, 0.25) is 0 Å². The number of rotatable bonds is 2. The van der Waals surface area contributed by atoms with Crippen molar-refractivity contribution in [2.75, 3.05) is 32.8 Å². The lowest BCUT2D eigenvalue weighted by Crippen LogP contribution is -2.59. The van der Waals surface area contributed by atoms with Gasteiger partial charge in [0.25, 0.3) is 0 Å². The van der Waals surface area contributed by atoms with Gasteiger partial charge in [-0.1, -0.05) is 30.3 Å². The van der Waals surface area contributed by atoms with Gasteiger partial charge in [0, 0.05) is 26.1 Å². The second-order valence-corrected chi connectivity index (χ2v) is 5.27. The molecule has 0 unspecified atom stereocenters. The van der Waals surface area contributed by atoms with E-state index in [4.69, 9.17) is 4.74 Å². The fraction of sp³-hybridized carbons (Fsp3) is 0.533. The first kappa shape index (κ1) is 12.6. The topological polar surface area (TPSA) is 41.6 Å². The van der Waals surface area contributed by atoms with Crippen molar-refractivity contribution in [2.24, 2.45) is 0 Å². The van der Waals surface area contributed by atoms with E-state index in [1.807, 2.05) is 6.07 Å². The molecule has 0 aliphatic carbocycles. The first-order chi connectivity index (χ1) is 9.31. The van der Waals surface area contributed by atoms with Crippen molar-refractivity contribution in [1.29, 1.82) is 0 Å². The number of hydrogen-bond donors (Lipinski definition) is 1. The Hall–Kier alpha value is -1.39. The van der Waals surface area contributed by atoms with Crippen LogP contribution in [-0.4, -0.2) is 43.7 Å². The molecule has 2 heterocycles. The van der Waals surface area contributed by atoms with Crippen LogP contribution in [0.15, 0.2) is 30.3 Å². The Morgan fingerprint density at radius 3 is 2.53 bits per heavy atom. The van der Waals surface area contributed by atoms with E-state index in [1.165, 1.54) is 5.56 Å². The molecule has 2 fully saturated rings. The maximum Gasteiger partial charge on any atom is 0.220 e. The van der Waals surface area contributed by atoms with Crippen molar-refractivity contribution in [2.45, 2.75) is 18.4 Å². The van der Waals surface area contributed by atoms with Gasteiger partial charge in [0.15, 0.2) is 0 Å². The minimum absolute atomic E-state index is 0.0566. The Morgan fingerprint density at radius 2 is 1.89 bits per heavy atom. The normalized spacial score (nSPS) is 28.9. The van der Waals surface area contributed by atoms with Crippen molar-refractivity contribution in [3.63, 3.8) is 0 Å². The Bertz CT molecular complexity index is 431. The Morgan fingerprint density at radius 1 is 1.16 bits per heavy atom. The lowest BCUT2D eigenvalue weighted by Gasteiger charge is -2.48. The summed E-state index contributed by atoms with van der Waals surface area (Å²) in [6.45, 7) is 4.14. The lowest BCUT2D eigenvalue weighted by atomic mass is 9.81. The van der Waals surface area contributed by atoms with Crippen LogP contribution in [0.3, 0.4) is 0 Å². The van der Waals surface area contributed by atoms with Crippen LogP contribution in [0, 0.1) is 0 Å². The van der Waals surface area contributed by atoms with Gasteiger partial charge in [0.1, 0.15) is 0 Å². The highest BCUT2D eigenvalue weighted by Crippen LogP contribution is 2.35. The molecule has 1 aromatic rings. The molecular formula is C15H20N2O2. The number of hydrogen-bond acceptors (Lipinski definition) is 3. The van der Waals surface area contributed by atoms with Crippen LogP contribution in [0.1, 0.15) is 18.4 Å². The molecule has 0 radical (unpaired) electrons. The molecule has 0 spiro atoms. The summed E-state index contributed by atoms with van der Waals surface area (Å²) >= 11 is 0. The Kier molecular flexibility index (Phi) is 3.53. The van der Waals surface area contributed by atoms with Crippen LogP contribution >= 0.6 is 0 Å². The molecule has 4 heteroatoms. The van der Waals surface area contributed by atoms with Crippen molar-refractivity contribution in [1.82, 2.24) is 10.2 Å². The smallest absolute Gasteiger partial charge is 0.220 e. The number of amides is 1. The number of nitrogens with one attached hydrogen (secondary N) is 1. The third-order valence-electron chi connectivity index (χ3n) is 4.27. The molecule has 0 aromatic heterocycles. The molecule has 1 amide bonds. The molecular weight excluding hydrogens is 240 g/mol. The number of nitrogens with zero attached hydrogens (tertiary/aromatic N) is 1. The second kappa shape index (κ2) is 5.31. The maximum atomic E-state index is 11.5. The molecule has 0 saturated carbocycles. The summed E-state index contributed by atoms with van der Waals surface area (Å²) < 4.78 is 5.46. The molecule has 3 rings (SSSR count). The van der Waals surface area contributed by atoms with Gasteiger partial charge in [-0.15, -0.1) is 0 Å². The Labute approximate surface area is 113 Å². The summed E-state index contributed by atoms with van der Waals surface area (Å²) in [5.41, 5.74) is 1.25. The molecule has 102 valence electrons. The predicted molar refractivity (Wildman–Crippen MR) is 72.8 cm³/mol. The zero-order valence-electron chi connectivity index (χ0n) is 11.1. The Balaban J connectivity index is 1.93. The monoisotopic (exact) mass is 260 g/mol. The fourth-order valence-electron chi connectivity index (χ4n) is 3.18. The molecule has 2 aliphatic rings. The predicted octanol–water partition coefficient (Wildman–Crippen LogP) is 1.12. The third-order valence-corrected chi connectivity index (χ3v) is 4.27. The molecule has 19 heavy (non-hydrogen) atoms.